The molecule has 0 aromatic heterocycles. The largest absolute Gasteiger partial charge is 0.385 e. The molecule has 2 rings (SSSR count). The van der Waals surface area contributed by atoms with Gasteiger partial charge in [-0.3, -0.25) is 4.79 Å². The predicted octanol–water partition coefficient (Wildman–Crippen LogP) is 4.52. The first-order valence-electron chi connectivity index (χ1n) is 6.60. The number of hydrogen-bond donors (Lipinski definition) is 2. The van der Waals surface area contributed by atoms with Gasteiger partial charge in [-0.25, -0.2) is 0 Å². The van der Waals surface area contributed by atoms with Crippen LogP contribution in [0.5, 0.6) is 0 Å². The van der Waals surface area contributed by atoms with Crippen LogP contribution in [0.1, 0.15) is 23.7 Å². The Morgan fingerprint density at radius 3 is 2.45 bits per heavy atom. The second-order valence-corrected chi connectivity index (χ2v) is 5.38. The van der Waals surface area contributed by atoms with Gasteiger partial charge < -0.3 is 10.6 Å². The van der Waals surface area contributed by atoms with E-state index in [-0.39, 0.29) is 5.91 Å². The van der Waals surface area contributed by atoms with Crippen molar-refractivity contribution in [2.75, 3.05) is 17.2 Å². The normalized spacial score (nSPS) is 10.1. The lowest BCUT2D eigenvalue weighted by Gasteiger charge is -2.08. The van der Waals surface area contributed by atoms with Crippen molar-refractivity contribution in [1.82, 2.24) is 0 Å². The summed E-state index contributed by atoms with van der Waals surface area (Å²) in [6.45, 7) is 3.07. The zero-order valence-electron chi connectivity index (χ0n) is 11.3. The highest BCUT2D eigenvalue weighted by Crippen LogP contribution is 2.16. The minimum atomic E-state index is -0.111. The highest BCUT2D eigenvalue weighted by molar-refractivity contribution is 9.10. The van der Waals surface area contributed by atoms with E-state index >= 15 is 0 Å². The topological polar surface area (TPSA) is 41.1 Å². The van der Waals surface area contributed by atoms with Crippen LogP contribution < -0.4 is 10.6 Å². The highest BCUT2D eigenvalue weighted by atomic mass is 79.9. The van der Waals surface area contributed by atoms with E-state index in [1.807, 2.05) is 36.4 Å². The molecule has 0 bridgehead atoms. The van der Waals surface area contributed by atoms with Crippen LogP contribution in [0.25, 0.3) is 0 Å². The van der Waals surface area contributed by atoms with E-state index in [2.05, 4.69) is 33.5 Å². The van der Waals surface area contributed by atoms with Crippen molar-refractivity contribution >= 4 is 33.2 Å². The van der Waals surface area contributed by atoms with Crippen molar-refractivity contribution in [3.8, 4) is 0 Å². The van der Waals surface area contributed by atoms with Crippen LogP contribution in [0.3, 0.4) is 0 Å². The van der Waals surface area contributed by atoms with Crippen molar-refractivity contribution in [1.29, 1.82) is 0 Å². The van der Waals surface area contributed by atoms with Gasteiger partial charge in [-0.15, -0.1) is 0 Å². The molecule has 0 atom stereocenters. The van der Waals surface area contributed by atoms with Crippen LogP contribution in [0.4, 0.5) is 11.4 Å². The van der Waals surface area contributed by atoms with Crippen LogP contribution in [0.15, 0.2) is 53.0 Å². The first kappa shape index (κ1) is 14.6. The summed E-state index contributed by atoms with van der Waals surface area (Å²) in [7, 11) is 0. The summed E-state index contributed by atoms with van der Waals surface area (Å²) in [6.07, 6.45) is 1.08. The molecule has 3 nitrogen and oxygen atoms in total. The SMILES string of the molecule is CCCNc1ccc(NC(=O)c2cccc(Br)c2)cc1. The molecule has 0 aliphatic heterocycles. The Kier molecular flexibility index (Phi) is 5.18. The van der Waals surface area contributed by atoms with Gasteiger partial charge in [-0.2, -0.15) is 0 Å². The Bertz CT molecular complexity index is 581. The Hall–Kier alpha value is -1.81. The van der Waals surface area contributed by atoms with Gasteiger partial charge in [0.25, 0.3) is 5.91 Å². The first-order valence-corrected chi connectivity index (χ1v) is 7.39. The number of amides is 1. The van der Waals surface area contributed by atoms with Gasteiger partial charge >= 0.3 is 0 Å². The fourth-order valence-electron chi connectivity index (χ4n) is 1.77. The van der Waals surface area contributed by atoms with Crippen molar-refractivity contribution in [3.63, 3.8) is 0 Å². The predicted molar refractivity (Wildman–Crippen MR) is 87.3 cm³/mol. The van der Waals surface area contributed by atoms with E-state index in [1.54, 1.807) is 12.1 Å². The molecule has 0 unspecified atom stereocenters. The zero-order valence-corrected chi connectivity index (χ0v) is 12.9. The Labute approximate surface area is 127 Å². The third-order valence-corrected chi connectivity index (χ3v) is 3.30. The monoisotopic (exact) mass is 332 g/mol. The maximum Gasteiger partial charge on any atom is 0.255 e. The molecule has 0 aliphatic rings. The number of halogens is 1. The highest BCUT2D eigenvalue weighted by Gasteiger charge is 2.06. The molecule has 4 heteroatoms. The molecule has 2 aromatic rings. The maximum atomic E-state index is 12.1. The van der Waals surface area contributed by atoms with E-state index < -0.39 is 0 Å². The van der Waals surface area contributed by atoms with Gasteiger partial charge in [-0.05, 0) is 48.9 Å². The standard InChI is InChI=1S/C16H17BrN2O/c1-2-10-18-14-6-8-15(9-7-14)19-16(20)12-4-3-5-13(17)11-12/h3-9,11,18H,2,10H2,1H3,(H,19,20). The van der Waals surface area contributed by atoms with Crippen LogP contribution in [-0.4, -0.2) is 12.5 Å². The van der Waals surface area contributed by atoms with E-state index in [9.17, 15) is 4.79 Å². The van der Waals surface area contributed by atoms with Gasteiger partial charge in [0, 0.05) is 28.0 Å². The third-order valence-electron chi connectivity index (χ3n) is 2.81. The molecule has 0 heterocycles. The molecule has 2 N–H and O–H groups in total. The number of benzene rings is 2. The van der Waals surface area contributed by atoms with Crippen molar-refractivity contribution < 1.29 is 4.79 Å². The molecule has 0 radical (unpaired) electrons. The van der Waals surface area contributed by atoms with Gasteiger partial charge in [0.1, 0.15) is 0 Å². The summed E-state index contributed by atoms with van der Waals surface area (Å²) >= 11 is 3.36. The summed E-state index contributed by atoms with van der Waals surface area (Å²) in [5.74, 6) is -0.111. The smallest absolute Gasteiger partial charge is 0.255 e. The quantitative estimate of drug-likeness (QED) is 0.844. The van der Waals surface area contributed by atoms with Crippen molar-refractivity contribution in [2.24, 2.45) is 0 Å². The number of carbonyl (C=O) groups excluding carboxylic acids is 1. The molecular formula is C16H17BrN2O. The summed E-state index contributed by atoms with van der Waals surface area (Å²) in [5.41, 5.74) is 2.48. The number of carbonyl (C=O) groups is 1. The summed E-state index contributed by atoms with van der Waals surface area (Å²) < 4.78 is 0.893. The maximum absolute atomic E-state index is 12.1. The minimum absolute atomic E-state index is 0.111. The van der Waals surface area contributed by atoms with Crippen LogP contribution >= 0.6 is 15.9 Å². The zero-order chi connectivity index (χ0) is 14.4. The van der Waals surface area contributed by atoms with Crippen molar-refractivity contribution in [3.05, 3.63) is 58.6 Å². The lowest BCUT2D eigenvalue weighted by Crippen LogP contribution is -2.11. The average Bonchev–Trinajstić information content (AvgIpc) is 2.46. The van der Waals surface area contributed by atoms with Gasteiger partial charge in [0.2, 0.25) is 0 Å². The molecule has 0 saturated carbocycles. The van der Waals surface area contributed by atoms with Crippen LogP contribution in [0.2, 0.25) is 0 Å². The third kappa shape index (κ3) is 4.10. The lowest BCUT2D eigenvalue weighted by atomic mass is 10.2. The van der Waals surface area contributed by atoms with E-state index in [4.69, 9.17) is 0 Å². The molecule has 0 aliphatic carbocycles. The molecule has 20 heavy (non-hydrogen) atoms. The van der Waals surface area contributed by atoms with Crippen LogP contribution in [0, 0.1) is 0 Å². The molecular weight excluding hydrogens is 316 g/mol. The molecule has 104 valence electrons. The Morgan fingerprint density at radius 1 is 1.10 bits per heavy atom. The number of nitrogens with one attached hydrogen (secondary N) is 2. The lowest BCUT2D eigenvalue weighted by molar-refractivity contribution is 0.102. The Balaban J connectivity index is 2.01. The fourth-order valence-corrected chi connectivity index (χ4v) is 2.17. The van der Waals surface area contributed by atoms with Crippen molar-refractivity contribution in [2.45, 2.75) is 13.3 Å². The van der Waals surface area contributed by atoms with Gasteiger partial charge in [0.15, 0.2) is 0 Å². The number of hydrogen-bond acceptors (Lipinski definition) is 2. The van der Waals surface area contributed by atoms with Crippen LogP contribution in [-0.2, 0) is 0 Å². The minimum Gasteiger partial charge on any atom is -0.385 e. The average molecular weight is 333 g/mol. The molecule has 2 aromatic carbocycles. The second-order valence-electron chi connectivity index (χ2n) is 4.47. The number of rotatable bonds is 5. The van der Waals surface area contributed by atoms with E-state index in [0.717, 1.165) is 28.8 Å². The fraction of sp³-hybridized carbons (Fsp3) is 0.188. The number of anilines is 2. The summed E-state index contributed by atoms with van der Waals surface area (Å²) in [4.78, 5) is 12.1. The van der Waals surface area contributed by atoms with Gasteiger partial charge in [-0.1, -0.05) is 28.9 Å². The second kappa shape index (κ2) is 7.10. The van der Waals surface area contributed by atoms with Gasteiger partial charge in [0.05, 0.1) is 0 Å². The molecule has 0 saturated heterocycles. The first-order chi connectivity index (χ1) is 9.69. The Morgan fingerprint density at radius 2 is 1.80 bits per heavy atom. The summed E-state index contributed by atoms with van der Waals surface area (Å²) in [5, 5.41) is 6.18. The summed E-state index contributed by atoms with van der Waals surface area (Å²) in [6, 6.07) is 15.0. The molecule has 1 amide bonds. The van der Waals surface area contributed by atoms with E-state index in [0.29, 0.717) is 5.56 Å². The van der Waals surface area contributed by atoms with E-state index in [1.165, 1.54) is 0 Å². The molecule has 0 spiro atoms. The molecule has 0 fully saturated rings.